The highest BCUT2D eigenvalue weighted by atomic mass is 19.1. The maximum Gasteiger partial charge on any atom is 0.292 e. The first-order chi connectivity index (χ1) is 10.5. The number of hydrogen-bond donors (Lipinski definition) is 1. The monoisotopic (exact) mass is 299 g/mol. The highest BCUT2D eigenvalue weighted by molar-refractivity contribution is 6.44. The van der Waals surface area contributed by atoms with Crippen LogP contribution in [0.3, 0.4) is 0 Å². The molecule has 1 N–H and O–H groups in total. The zero-order valence-corrected chi connectivity index (χ0v) is 11.9. The number of rotatable bonds is 5. The molecule has 0 saturated carbocycles. The standard InChI is InChI=1S/C17H14FNO3/c1-11-5-7-12(8-6-11)15(20)10-16(21)17(22)19-14-4-2-3-13(18)9-14/h2-9H,10H2,1H3,(H,19,22). The SMILES string of the molecule is Cc1ccc(C(=O)CC(=O)C(=O)Nc2cccc(F)c2)cc1. The van der Waals surface area contributed by atoms with Crippen LogP contribution in [0.25, 0.3) is 0 Å². The lowest BCUT2D eigenvalue weighted by atomic mass is 10.0. The molecule has 2 rings (SSSR count). The first-order valence-electron chi connectivity index (χ1n) is 6.65. The van der Waals surface area contributed by atoms with E-state index in [0.29, 0.717) is 5.56 Å². The Kier molecular flexibility index (Phi) is 4.78. The number of carbonyl (C=O) groups excluding carboxylic acids is 3. The maximum atomic E-state index is 13.0. The molecule has 112 valence electrons. The van der Waals surface area contributed by atoms with E-state index in [0.717, 1.165) is 11.6 Å². The molecule has 1 amide bonds. The molecule has 0 aliphatic rings. The predicted molar refractivity (Wildman–Crippen MR) is 80.2 cm³/mol. The second-order valence-corrected chi connectivity index (χ2v) is 4.85. The highest BCUT2D eigenvalue weighted by Crippen LogP contribution is 2.10. The van der Waals surface area contributed by atoms with E-state index in [-0.39, 0.29) is 5.69 Å². The van der Waals surface area contributed by atoms with Gasteiger partial charge < -0.3 is 5.32 Å². The van der Waals surface area contributed by atoms with Gasteiger partial charge in [0.2, 0.25) is 5.78 Å². The van der Waals surface area contributed by atoms with Gasteiger partial charge in [0.25, 0.3) is 5.91 Å². The number of nitrogens with one attached hydrogen (secondary N) is 1. The van der Waals surface area contributed by atoms with Gasteiger partial charge in [0.1, 0.15) is 5.82 Å². The minimum atomic E-state index is -0.939. The fraction of sp³-hybridized carbons (Fsp3) is 0.118. The van der Waals surface area contributed by atoms with Crippen molar-refractivity contribution >= 4 is 23.2 Å². The van der Waals surface area contributed by atoms with Crippen molar-refractivity contribution in [3.63, 3.8) is 0 Å². The Morgan fingerprint density at radius 1 is 1.05 bits per heavy atom. The molecule has 0 unspecified atom stereocenters. The molecule has 22 heavy (non-hydrogen) atoms. The summed E-state index contributed by atoms with van der Waals surface area (Å²) in [4.78, 5) is 35.4. The summed E-state index contributed by atoms with van der Waals surface area (Å²) in [6.45, 7) is 1.88. The summed E-state index contributed by atoms with van der Waals surface area (Å²) in [5, 5.41) is 2.27. The Labute approximate surface area is 127 Å². The summed E-state index contributed by atoms with van der Waals surface area (Å²) in [5.41, 5.74) is 1.53. The van der Waals surface area contributed by atoms with Crippen molar-refractivity contribution in [2.45, 2.75) is 13.3 Å². The molecular weight excluding hydrogens is 285 g/mol. The van der Waals surface area contributed by atoms with Crippen LogP contribution in [0, 0.1) is 12.7 Å². The lowest BCUT2D eigenvalue weighted by molar-refractivity contribution is -0.134. The minimum absolute atomic E-state index is 0.168. The van der Waals surface area contributed by atoms with Crippen molar-refractivity contribution in [1.29, 1.82) is 0 Å². The van der Waals surface area contributed by atoms with Crippen LogP contribution in [0.1, 0.15) is 22.3 Å². The van der Waals surface area contributed by atoms with Crippen molar-refractivity contribution in [3.8, 4) is 0 Å². The Hall–Kier alpha value is -2.82. The number of amides is 1. The molecule has 0 fully saturated rings. The van der Waals surface area contributed by atoms with Gasteiger partial charge in [-0.25, -0.2) is 4.39 Å². The van der Waals surface area contributed by atoms with Crippen LogP contribution < -0.4 is 5.32 Å². The smallest absolute Gasteiger partial charge is 0.292 e. The van der Waals surface area contributed by atoms with Crippen LogP contribution in [-0.4, -0.2) is 17.5 Å². The third-order valence-corrected chi connectivity index (χ3v) is 3.03. The number of ketones is 2. The second kappa shape index (κ2) is 6.76. The molecule has 0 aliphatic carbocycles. The van der Waals surface area contributed by atoms with Crippen LogP contribution in [0.4, 0.5) is 10.1 Å². The van der Waals surface area contributed by atoms with Crippen molar-refractivity contribution in [2.75, 3.05) is 5.32 Å². The fourth-order valence-electron chi connectivity index (χ4n) is 1.83. The molecular formula is C17H14FNO3. The number of Topliss-reactive ketones (excluding diaryl/α,β-unsaturated/α-hetero) is 2. The van der Waals surface area contributed by atoms with Crippen LogP contribution in [0.5, 0.6) is 0 Å². The van der Waals surface area contributed by atoms with Gasteiger partial charge in [0.15, 0.2) is 5.78 Å². The van der Waals surface area contributed by atoms with Crippen LogP contribution in [0.2, 0.25) is 0 Å². The van der Waals surface area contributed by atoms with E-state index in [1.165, 1.54) is 18.2 Å². The lowest BCUT2D eigenvalue weighted by Gasteiger charge is -2.04. The zero-order valence-electron chi connectivity index (χ0n) is 11.9. The highest BCUT2D eigenvalue weighted by Gasteiger charge is 2.19. The van der Waals surface area contributed by atoms with Gasteiger partial charge >= 0.3 is 0 Å². The van der Waals surface area contributed by atoms with Crippen molar-refractivity contribution in [1.82, 2.24) is 0 Å². The van der Waals surface area contributed by atoms with E-state index in [4.69, 9.17) is 0 Å². The number of halogens is 1. The summed E-state index contributed by atoms with van der Waals surface area (Å²) in [6.07, 6.45) is -0.524. The molecule has 0 heterocycles. The first kappa shape index (κ1) is 15.6. The molecule has 4 nitrogen and oxygen atoms in total. The first-order valence-corrected chi connectivity index (χ1v) is 6.65. The molecule has 0 bridgehead atoms. The van der Waals surface area contributed by atoms with Gasteiger partial charge in [-0.15, -0.1) is 0 Å². The number of carbonyl (C=O) groups is 3. The van der Waals surface area contributed by atoms with Crippen molar-refractivity contribution in [2.24, 2.45) is 0 Å². The number of hydrogen-bond acceptors (Lipinski definition) is 3. The summed E-state index contributed by atoms with van der Waals surface area (Å²) in [5.74, 6) is -2.76. The van der Waals surface area contributed by atoms with Gasteiger partial charge in [-0.05, 0) is 25.1 Å². The van der Waals surface area contributed by atoms with Gasteiger partial charge in [-0.1, -0.05) is 35.9 Å². The van der Waals surface area contributed by atoms with E-state index >= 15 is 0 Å². The Morgan fingerprint density at radius 3 is 2.36 bits per heavy atom. The average Bonchev–Trinajstić information content (AvgIpc) is 2.47. The van der Waals surface area contributed by atoms with Crippen molar-refractivity contribution in [3.05, 3.63) is 65.5 Å². The number of anilines is 1. The summed E-state index contributed by atoms with van der Waals surface area (Å²) < 4.78 is 13.0. The second-order valence-electron chi connectivity index (χ2n) is 4.85. The van der Waals surface area contributed by atoms with Crippen LogP contribution in [0.15, 0.2) is 48.5 Å². The predicted octanol–water partition coefficient (Wildman–Crippen LogP) is 2.91. The van der Waals surface area contributed by atoms with Crippen molar-refractivity contribution < 1.29 is 18.8 Å². The van der Waals surface area contributed by atoms with E-state index < -0.39 is 29.7 Å². The molecule has 0 radical (unpaired) electrons. The van der Waals surface area contributed by atoms with Crippen LogP contribution >= 0.6 is 0 Å². The number of benzene rings is 2. The van der Waals surface area contributed by atoms with E-state index in [1.54, 1.807) is 24.3 Å². The molecule has 0 aromatic heterocycles. The molecule has 2 aromatic rings. The Balaban J connectivity index is 1.98. The molecule has 2 aromatic carbocycles. The van der Waals surface area contributed by atoms with E-state index in [9.17, 15) is 18.8 Å². The summed E-state index contributed by atoms with van der Waals surface area (Å²) in [6, 6.07) is 11.9. The third kappa shape index (κ3) is 4.09. The Bertz CT molecular complexity index is 723. The quantitative estimate of drug-likeness (QED) is 0.524. The fourth-order valence-corrected chi connectivity index (χ4v) is 1.83. The normalized spacial score (nSPS) is 10.1. The Morgan fingerprint density at radius 2 is 1.73 bits per heavy atom. The van der Waals surface area contributed by atoms with Crippen LogP contribution in [-0.2, 0) is 9.59 Å². The maximum absolute atomic E-state index is 13.0. The molecule has 5 heteroatoms. The number of aryl methyl sites for hydroxylation is 1. The van der Waals surface area contributed by atoms with E-state index in [1.807, 2.05) is 6.92 Å². The molecule has 0 aliphatic heterocycles. The zero-order chi connectivity index (χ0) is 16.1. The summed E-state index contributed by atoms with van der Waals surface area (Å²) in [7, 11) is 0. The van der Waals surface area contributed by atoms with Gasteiger partial charge in [0.05, 0.1) is 6.42 Å². The average molecular weight is 299 g/mol. The molecule has 0 atom stereocenters. The molecule has 0 saturated heterocycles. The van der Waals surface area contributed by atoms with Gasteiger partial charge in [-0.3, -0.25) is 14.4 Å². The van der Waals surface area contributed by atoms with E-state index in [2.05, 4.69) is 5.32 Å². The lowest BCUT2D eigenvalue weighted by Crippen LogP contribution is -2.25. The largest absolute Gasteiger partial charge is 0.319 e. The minimum Gasteiger partial charge on any atom is -0.319 e. The summed E-state index contributed by atoms with van der Waals surface area (Å²) >= 11 is 0. The molecule has 0 spiro atoms. The third-order valence-electron chi connectivity index (χ3n) is 3.03. The van der Waals surface area contributed by atoms with Gasteiger partial charge in [-0.2, -0.15) is 0 Å². The topological polar surface area (TPSA) is 63.2 Å². The van der Waals surface area contributed by atoms with Gasteiger partial charge in [0, 0.05) is 11.3 Å².